The third kappa shape index (κ3) is 7.31. The Morgan fingerprint density at radius 2 is 1.77 bits per heavy atom. The maximum Gasteiger partial charge on any atom is 0.166 e. The molecule has 1 atom stereocenters. The number of hydrogen-bond acceptors (Lipinski definition) is 4. The van der Waals surface area contributed by atoms with E-state index in [0.29, 0.717) is 25.0 Å². The van der Waals surface area contributed by atoms with Crippen molar-refractivity contribution in [2.45, 2.75) is 32.3 Å². The van der Waals surface area contributed by atoms with Gasteiger partial charge in [-0.1, -0.05) is 6.92 Å². The number of nitrogens with two attached hydrogens (primary N) is 1. The predicted molar refractivity (Wildman–Crippen MR) is 58.0 cm³/mol. The van der Waals surface area contributed by atoms with E-state index in [1.165, 1.54) is 0 Å². The van der Waals surface area contributed by atoms with Crippen LogP contribution >= 0.6 is 11.8 Å². The molecule has 0 heterocycles. The lowest BCUT2D eigenvalue weighted by Crippen LogP contribution is -2.23. The SMILES string of the molecule is CCOC(CSC(C)CN)OCC. The van der Waals surface area contributed by atoms with Crippen molar-refractivity contribution in [2.24, 2.45) is 5.73 Å². The molecular formula is C9H21NO2S. The van der Waals surface area contributed by atoms with Crippen LogP contribution in [0, 0.1) is 0 Å². The first-order valence-corrected chi connectivity index (χ1v) is 5.84. The summed E-state index contributed by atoms with van der Waals surface area (Å²) in [5.74, 6) is 0.861. The zero-order valence-corrected chi connectivity index (χ0v) is 9.60. The van der Waals surface area contributed by atoms with Gasteiger partial charge < -0.3 is 15.2 Å². The fraction of sp³-hybridized carbons (Fsp3) is 1.00. The molecule has 0 bridgehead atoms. The van der Waals surface area contributed by atoms with Crippen LogP contribution < -0.4 is 5.73 Å². The molecule has 0 amide bonds. The smallest absolute Gasteiger partial charge is 0.166 e. The molecule has 3 nitrogen and oxygen atoms in total. The Hall–Kier alpha value is 0.230. The molecule has 0 radical (unpaired) electrons. The first-order valence-electron chi connectivity index (χ1n) is 4.79. The standard InChI is InChI=1S/C9H21NO2S/c1-4-11-9(12-5-2)7-13-8(3)6-10/h8-9H,4-7,10H2,1-3H3. The van der Waals surface area contributed by atoms with Gasteiger partial charge in [-0.25, -0.2) is 0 Å². The average molecular weight is 207 g/mol. The fourth-order valence-electron chi connectivity index (χ4n) is 0.827. The second-order valence-electron chi connectivity index (χ2n) is 2.72. The zero-order valence-electron chi connectivity index (χ0n) is 8.79. The molecule has 13 heavy (non-hydrogen) atoms. The van der Waals surface area contributed by atoms with Gasteiger partial charge in [-0.3, -0.25) is 0 Å². The minimum Gasteiger partial charge on any atom is -0.352 e. The van der Waals surface area contributed by atoms with E-state index in [2.05, 4.69) is 6.92 Å². The maximum atomic E-state index is 5.50. The lowest BCUT2D eigenvalue weighted by molar-refractivity contribution is -0.120. The first-order chi connectivity index (χ1) is 6.24. The second kappa shape index (κ2) is 8.81. The number of rotatable bonds is 8. The summed E-state index contributed by atoms with van der Waals surface area (Å²) in [6, 6.07) is 0. The zero-order chi connectivity index (χ0) is 10.1. The van der Waals surface area contributed by atoms with Crippen LogP contribution in [0.15, 0.2) is 0 Å². The van der Waals surface area contributed by atoms with Gasteiger partial charge in [0.25, 0.3) is 0 Å². The van der Waals surface area contributed by atoms with Gasteiger partial charge >= 0.3 is 0 Å². The molecule has 0 saturated carbocycles. The van der Waals surface area contributed by atoms with Crippen LogP contribution in [0.5, 0.6) is 0 Å². The van der Waals surface area contributed by atoms with E-state index in [9.17, 15) is 0 Å². The van der Waals surface area contributed by atoms with Crippen molar-refractivity contribution < 1.29 is 9.47 Å². The largest absolute Gasteiger partial charge is 0.352 e. The summed E-state index contributed by atoms with van der Waals surface area (Å²) in [7, 11) is 0. The normalized spacial score (nSPS) is 13.6. The van der Waals surface area contributed by atoms with Crippen molar-refractivity contribution in [3.8, 4) is 0 Å². The van der Waals surface area contributed by atoms with E-state index in [1.807, 2.05) is 13.8 Å². The topological polar surface area (TPSA) is 44.5 Å². The van der Waals surface area contributed by atoms with Crippen molar-refractivity contribution in [1.82, 2.24) is 0 Å². The van der Waals surface area contributed by atoms with Gasteiger partial charge in [0.2, 0.25) is 0 Å². The van der Waals surface area contributed by atoms with Gasteiger partial charge in [0.1, 0.15) is 0 Å². The van der Waals surface area contributed by atoms with Crippen molar-refractivity contribution in [2.75, 3.05) is 25.5 Å². The van der Waals surface area contributed by atoms with Crippen LogP contribution in [0.1, 0.15) is 20.8 Å². The Morgan fingerprint density at radius 3 is 2.15 bits per heavy atom. The van der Waals surface area contributed by atoms with E-state index in [0.717, 1.165) is 5.75 Å². The van der Waals surface area contributed by atoms with Gasteiger partial charge in [-0.2, -0.15) is 11.8 Å². The molecule has 0 rings (SSSR count). The highest BCUT2D eigenvalue weighted by molar-refractivity contribution is 7.99. The quantitative estimate of drug-likeness (QED) is 0.612. The highest BCUT2D eigenvalue weighted by Gasteiger charge is 2.09. The minimum absolute atomic E-state index is 0.0750. The van der Waals surface area contributed by atoms with Gasteiger partial charge in [0, 0.05) is 30.8 Å². The molecule has 0 saturated heterocycles. The van der Waals surface area contributed by atoms with E-state index >= 15 is 0 Å². The van der Waals surface area contributed by atoms with Crippen LogP contribution in [0.3, 0.4) is 0 Å². The van der Waals surface area contributed by atoms with E-state index in [4.69, 9.17) is 15.2 Å². The highest BCUT2D eigenvalue weighted by atomic mass is 32.2. The molecular weight excluding hydrogens is 186 g/mol. The third-order valence-corrected chi connectivity index (χ3v) is 2.78. The van der Waals surface area contributed by atoms with E-state index in [-0.39, 0.29) is 6.29 Å². The van der Waals surface area contributed by atoms with Crippen LogP contribution in [0.25, 0.3) is 0 Å². The van der Waals surface area contributed by atoms with Gasteiger partial charge in [-0.15, -0.1) is 0 Å². The Kier molecular flexibility index (Phi) is 8.97. The number of hydrogen-bond donors (Lipinski definition) is 1. The lowest BCUT2D eigenvalue weighted by atomic mass is 10.5. The third-order valence-electron chi connectivity index (χ3n) is 1.55. The molecule has 2 N–H and O–H groups in total. The summed E-state index contributed by atoms with van der Waals surface area (Å²) in [5, 5.41) is 0.475. The van der Waals surface area contributed by atoms with Crippen LogP contribution in [-0.4, -0.2) is 37.1 Å². The monoisotopic (exact) mass is 207 g/mol. The average Bonchev–Trinajstić information content (AvgIpc) is 2.14. The minimum atomic E-state index is -0.0750. The summed E-state index contributed by atoms with van der Waals surface area (Å²) in [5.41, 5.74) is 5.50. The molecule has 80 valence electrons. The lowest BCUT2D eigenvalue weighted by Gasteiger charge is -2.18. The van der Waals surface area contributed by atoms with Crippen LogP contribution in [0.2, 0.25) is 0 Å². The van der Waals surface area contributed by atoms with Crippen LogP contribution in [0.4, 0.5) is 0 Å². The maximum absolute atomic E-state index is 5.50. The molecule has 1 unspecified atom stereocenters. The second-order valence-corrected chi connectivity index (χ2v) is 4.19. The summed E-state index contributed by atoms with van der Waals surface area (Å²) in [4.78, 5) is 0. The van der Waals surface area contributed by atoms with Crippen molar-refractivity contribution in [3.05, 3.63) is 0 Å². The molecule has 0 aliphatic heterocycles. The predicted octanol–water partition coefficient (Wildman–Crippen LogP) is 1.47. The van der Waals surface area contributed by atoms with Gasteiger partial charge in [0.15, 0.2) is 6.29 Å². The fourth-order valence-corrected chi connectivity index (χ4v) is 1.64. The van der Waals surface area contributed by atoms with E-state index < -0.39 is 0 Å². The van der Waals surface area contributed by atoms with Gasteiger partial charge in [0.05, 0.1) is 0 Å². The van der Waals surface area contributed by atoms with Gasteiger partial charge in [-0.05, 0) is 13.8 Å². The summed E-state index contributed by atoms with van der Waals surface area (Å²) < 4.78 is 10.8. The highest BCUT2D eigenvalue weighted by Crippen LogP contribution is 2.12. The molecule has 0 aromatic heterocycles. The van der Waals surface area contributed by atoms with Crippen molar-refractivity contribution in [1.29, 1.82) is 0 Å². The Morgan fingerprint density at radius 1 is 1.23 bits per heavy atom. The summed E-state index contributed by atoms with van der Waals surface area (Å²) in [6.07, 6.45) is -0.0750. The molecule has 4 heteroatoms. The molecule has 0 aromatic carbocycles. The summed E-state index contributed by atoms with van der Waals surface area (Å²) in [6.45, 7) is 8.16. The molecule has 0 fully saturated rings. The molecule has 0 aromatic rings. The van der Waals surface area contributed by atoms with Crippen molar-refractivity contribution in [3.63, 3.8) is 0 Å². The Labute approximate surface area is 85.3 Å². The molecule has 0 spiro atoms. The Bertz CT molecular complexity index is 108. The van der Waals surface area contributed by atoms with E-state index in [1.54, 1.807) is 11.8 Å². The summed E-state index contributed by atoms with van der Waals surface area (Å²) >= 11 is 1.79. The molecule has 0 aliphatic rings. The molecule has 0 aliphatic carbocycles. The number of thioether (sulfide) groups is 1. The first kappa shape index (κ1) is 13.2. The Balaban J connectivity index is 3.55. The van der Waals surface area contributed by atoms with Crippen LogP contribution in [-0.2, 0) is 9.47 Å². The number of ether oxygens (including phenoxy) is 2. The van der Waals surface area contributed by atoms with Crippen molar-refractivity contribution >= 4 is 11.8 Å².